The highest BCUT2D eigenvalue weighted by Gasteiger charge is 2.18. The summed E-state index contributed by atoms with van der Waals surface area (Å²) < 4.78 is 8.54. The second kappa shape index (κ2) is 7.75. The van der Waals surface area contributed by atoms with Crippen LogP contribution in [0.15, 0.2) is 35.4 Å². The van der Waals surface area contributed by atoms with E-state index in [1.54, 1.807) is 15.4 Å². The van der Waals surface area contributed by atoms with Crippen LogP contribution in [0.1, 0.15) is 5.69 Å². The number of fused-ring (bicyclic) bond motifs is 3. The maximum Gasteiger partial charge on any atom is 0.283 e. The average Bonchev–Trinajstić information content (AvgIpc) is 3.11. The minimum Gasteiger partial charge on any atom is -0.379 e. The fourth-order valence-electron chi connectivity index (χ4n) is 3.75. The number of aromatic nitrogens is 6. The summed E-state index contributed by atoms with van der Waals surface area (Å²) in [7, 11) is 0. The van der Waals surface area contributed by atoms with E-state index in [4.69, 9.17) is 16.3 Å². The Kier molecular flexibility index (Phi) is 4.93. The lowest BCUT2D eigenvalue weighted by Gasteiger charge is -2.26. The number of rotatable bonds is 4. The minimum atomic E-state index is -0.219. The van der Waals surface area contributed by atoms with Crippen molar-refractivity contribution in [2.75, 3.05) is 32.8 Å². The van der Waals surface area contributed by atoms with Crippen molar-refractivity contribution in [2.45, 2.75) is 13.5 Å². The Morgan fingerprint density at radius 3 is 2.60 bits per heavy atom. The van der Waals surface area contributed by atoms with Crippen LogP contribution in [-0.4, -0.2) is 67.1 Å². The molecule has 1 saturated heterocycles. The van der Waals surface area contributed by atoms with Gasteiger partial charge in [0, 0.05) is 31.2 Å². The standard InChI is InChI=1S/C20H20ClN7O2/c1-13-16(14-2-4-15(21)5-3-14)18-24-23-17-19(28(18)25-13)22-12-27(20(17)29)7-6-26-8-10-30-11-9-26/h2-5,12H,6-11H2,1H3. The first-order valence-corrected chi connectivity index (χ1v) is 10.2. The SMILES string of the molecule is Cc1nn2c(nnc3c(=O)n(CCN4CCOCC4)cnc32)c1-c1ccc(Cl)cc1. The van der Waals surface area contributed by atoms with Crippen molar-refractivity contribution in [1.82, 2.24) is 34.3 Å². The molecule has 0 spiro atoms. The van der Waals surface area contributed by atoms with Gasteiger partial charge >= 0.3 is 0 Å². The number of benzene rings is 1. The molecule has 0 N–H and O–H groups in total. The van der Waals surface area contributed by atoms with Gasteiger partial charge in [-0.05, 0) is 24.6 Å². The Bertz CT molecular complexity index is 1280. The van der Waals surface area contributed by atoms with E-state index in [1.807, 2.05) is 31.2 Å². The zero-order valence-corrected chi connectivity index (χ0v) is 17.2. The lowest BCUT2D eigenvalue weighted by atomic mass is 10.1. The molecule has 0 aliphatic carbocycles. The van der Waals surface area contributed by atoms with E-state index < -0.39 is 0 Å². The number of aryl methyl sites for hydroxylation is 1. The van der Waals surface area contributed by atoms with Crippen molar-refractivity contribution in [2.24, 2.45) is 0 Å². The molecule has 4 aromatic rings. The van der Waals surface area contributed by atoms with Gasteiger partial charge in [-0.15, -0.1) is 10.2 Å². The van der Waals surface area contributed by atoms with Gasteiger partial charge in [0.15, 0.2) is 16.8 Å². The van der Waals surface area contributed by atoms with Crippen LogP contribution in [0.25, 0.3) is 27.9 Å². The van der Waals surface area contributed by atoms with E-state index in [9.17, 15) is 4.79 Å². The second-order valence-corrected chi connectivity index (χ2v) is 7.71. The Morgan fingerprint density at radius 2 is 1.83 bits per heavy atom. The molecule has 0 unspecified atom stereocenters. The summed E-state index contributed by atoms with van der Waals surface area (Å²) in [6.07, 6.45) is 1.56. The van der Waals surface area contributed by atoms with E-state index in [0.29, 0.717) is 22.9 Å². The normalized spacial score (nSPS) is 15.3. The Morgan fingerprint density at radius 1 is 1.07 bits per heavy atom. The summed E-state index contributed by atoms with van der Waals surface area (Å²) >= 11 is 6.01. The molecule has 9 nitrogen and oxygen atoms in total. The lowest BCUT2D eigenvalue weighted by molar-refractivity contribution is 0.0362. The van der Waals surface area contributed by atoms with Crippen LogP contribution in [0, 0.1) is 6.92 Å². The van der Waals surface area contributed by atoms with Crippen molar-refractivity contribution in [3.63, 3.8) is 0 Å². The van der Waals surface area contributed by atoms with E-state index in [0.717, 1.165) is 49.7 Å². The molecule has 1 aliphatic heterocycles. The molecule has 0 bridgehead atoms. The lowest BCUT2D eigenvalue weighted by Crippen LogP contribution is -2.39. The maximum atomic E-state index is 13.0. The molecule has 1 aromatic carbocycles. The summed E-state index contributed by atoms with van der Waals surface area (Å²) in [5.74, 6) is 0. The van der Waals surface area contributed by atoms with Crippen molar-refractivity contribution in [1.29, 1.82) is 0 Å². The average molecular weight is 426 g/mol. The highest BCUT2D eigenvalue weighted by atomic mass is 35.5. The topological polar surface area (TPSA) is 90.4 Å². The molecule has 4 heterocycles. The van der Waals surface area contributed by atoms with Gasteiger partial charge in [-0.3, -0.25) is 14.3 Å². The van der Waals surface area contributed by atoms with Crippen LogP contribution < -0.4 is 5.56 Å². The van der Waals surface area contributed by atoms with E-state index in [1.165, 1.54) is 0 Å². The molecule has 1 fully saturated rings. The number of hydrogen-bond acceptors (Lipinski definition) is 7. The van der Waals surface area contributed by atoms with E-state index >= 15 is 0 Å². The molecule has 0 atom stereocenters. The van der Waals surface area contributed by atoms with Crippen LogP contribution in [-0.2, 0) is 11.3 Å². The van der Waals surface area contributed by atoms with Crippen LogP contribution in [0.2, 0.25) is 5.02 Å². The Labute approximate surface area is 176 Å². The van der Waals surface area contributed by atoms with Gasteiger partial charge in [-0.25, -0.2) is 4.98 Å². The number of halogens is 1. The smallest absolute Gasteiger partial charge is 0.283 e. The Balaban J connectivity index is 1.54. The molecule has 0 amide bonds. The summed E-state index contributed by atoms with van der Waals surface area (Å²) in [5, 5.41) is 13.8. The van der Waals surface area contributed by atoms with Gasteiger partial charge in [-0.2, -0.15) is 9.61 Å². The van der Waals surface area contributed by atoms with Crippen molar-refractivity contribution < 1.29 is 4.74 Å². The predicted octanol–water partition coefficient (Wildman–Crippen LogP) is 1.80. The molecule has 3 aromatic heterocycles. The third kappa shape index (κ3) is 3.34. The molecule has 0 radical (unpaired) electrons. The number of hydrogen-bond donors (Lipinski definition) is 0. The van der Waals surface area contributed by atoms with Crippen molar-refractivity contribution in [3.05, 3.63) is 51.7 Å². The molecular weight excluding hydrogens is 406 g/mol. The van der Waals surface area contributed by atoms with Crippen molar-refractivity contribution in [3.8, 4) is 11.1 Å². The fraction of sp³-hybridized carbons (Fsp3) is 0.350. The monoisotopic (exact) mass is 425 g/mol. The zero-order chi connectivity index (χ0) is 20.7. The zero-order valence-electron chi connectivity index (χ0n) is 16.5. The third-order valence-electron chi connectivity index (χ3n) is 5.37. The number of ether oxygens (including phenoxy) is 1. The van der Waals surface area contributed by atoms with Gasteiger partial charge in [0.25, 0.3) is 5.56 Å². The molecule has 5 rings (SSSR count). The van der Waals surface area contributed by atoms with E-state index in [2.05, 4.69) is 25.2 Å². The molecule has 10 heteroatoms. The first-order valence-electron chi connectivity index (χ1n) is 9.79. The number of nitrogens with zero attached hydrogens (tertiary/aromatic N) is 7. The predicted molar refractivity (Wildman–Crippen MR) is 113 cm³/mol. The summed E-state index contributed by atoms with van der Waals surface area (Å²) in [4.78, 5) is 19.7. The van der Waals surface area contributed by atoms with Gasteiger partial charge in [0.05, 0.1) is 24.5 Å². The highest BCUT2D eigenvalue weighted by Crippen LogP contribution is 2.28. The summed E-state index contributed by atoms with van der Waals surface area (Å²) in [5.41, 5.74) is 3.49. The van der Waals surface area contributed by atoms with Crippen molar-refractivity contribution >= 4 is 28.4 Å². The second-order valence-electron chi connectivity index (χ2n) is 7.27. The molecular formula is C20H20ClN7O2. The fourth-order valence-corrected chi connectivity index (χ4v) is 3.88. The minimum absolute atomic E-state index is 0.206. The molecule has 1 aliphatic rings. The van der Waals surface area contributed by atoms with Crippen LogP contribution >= 0.6 is 11.6 Å². The number of morpholine rings is 1. The summed E-state index contributed by atoms with van der Waals surface area (Å²) in [6, 6.07) is 7.46. The van der Waals surface area contributed by atoms with E-state index in [-0.39, 0.29) is 11.1 Å². The Hall–Kier alpha value is -2.88. The van der Waals surface area contributed by atoms with Crippen LogP contribution in [0.4, 0.5) is 0 Å². The third-order valence-corrected chi connectivity index (χ3v) is 5.62. The maximum absolute atomic E-state index is 13.0. The van der Waals surface area contributed by atoms with Gasteiger partial charge in [0.1, 0.15) is 6.33 Å². The van der Waals surface area contributed by atoms with Crippen LogP contribution in [0.5, 0.6) is 0 Å². The van der Waals surface area contributed by atoms with Gasteiger partial charge < -0.3 is 4.74 Å². The van der Waals surface area contributed by atoms with Gasteiger partial charge in [0.2, 0.25) is 0 Å². The quantitative estimate of drug-likeness (QED) is 0.492. The molecule has 30 heavy (non-hydrogen) atoms. The first kappa shape index (κ1) is 19.1. The highest BCUT2D eigenvalue weighted by molar-refractivity contribution is 6.30. The molecule has 154 valence electrons. The summed E-state index contributed by atoms with van der Waals surface area (Å²) in [6.45, 7) is 6.38. The largest absolute Gasteiger partial charge is 0.379 e. The van der Waals surface area contributed by atoms with Gasteiger partial charge in [-0.1, -0.05) is 23.7 Å². The molecule has 0 saturated carbocycles. The van der Waals surface area contributed by atoms with Crippen LogP contribution in [0.3, 0.4) is 0 Å². The first-order chi connectivity index (χ1) is 14.6.